The van der Waals surface area contributed by atoms with Crippen LogP contribution < -0.4 is 5.76 Å². The molecule has 0 aliphatic carbocycles. The van der Waals surface area contributed by atoms with Crippen LogP contribution in [0, 0.1) is 0 Å². The Morgan fingerprint density at radius 1 is 1.35 bits per heavy atom. The van der Waals surface area contributed by atoms with Gasteiger partial charge in [0.25, 0.3) is 0 Å². The van der Waals surface area contributed by atoms with Crippen LogP contribution in [0.3, 0.4) is 0 Å². The lowest BCUT2D eigenvalue weighted by atomic mass is 10.2. The summed E-state index contributed by atoms with van der Waals surface area (Å²) in [5, 5.41) is 9.02. The minimum atomic E-state index is -0.314. The highest BCUT2D eigenvalue weighted by molar-refractivity contribution is 5.73. The average molecular weight is 235 g/mol. The van der Waals surface area contributed by atoms with Crippen LogP contribution in [-0.2, 0) is 13.2 Å². The smallest absolute Gasteiger partial charge is 0.408 e. The minimum Gasteiger partial charge on any atom is -0.408 e. The molecule has 1 aromatic heterocycles. The van der Waals surface area contributed by atoms with Crippen LogP contribution in [0.15, 0.2) is 27.4 Å². The Kier molecular flexibility index (Phi) is 3.64. The van der Waals surface area contributed by atoms with Gasteiger partial charge in [-0.1, -0.05) is 25.8 Å². The first kappa shape index (κ1) is 11.9. The predicted octanol–water partition coefficient (Wildman–Crippen LogP) is 2.28. The number of benzene rings is 1. The van der Waals surface area contributed by atoms with E-state index in [0.717, 1.165) is 30.3 Å². The van der Waals surface area contributed by atoms with Gasteiger partial charge < -0.3 is 9.52 Å². The Hall–Kier alpha value is -1.55. The summed E-state index contributed by atoms with van der Waals surface area (Å²) >= 11 is 0. The molecule has 0 atom stereocenters. The van der Waals surface area contributed by atoms with Crippen molar-refractivity contribution in [2.24, 2.45) is 0 Å². The largest absolute Gasteiger partial charge is 0.419 e. The standard InChI is InChI=1S/C13H17NO3/c1-2-3-4-7-14-11-6-5-10(9-15)8-12(11)17-13(14)16/h5-6,8,15H,2-4,7,9H2,1H3. The fourth-order valence-electron chi connectivity index (χ4n) is 1.94. The van der Waals surface area contributed by atoms with Crippen molar-refractivity contribution in [3.05, 3.63) is 34.3 Å². The Labute approximate surface area is 99.5 Å². The summed E-state index contributed by atoms with van der Waals surface area (Å²) in [4.78, 5) is 11.7. The third kappa shape index (κ3) is 2.42. The molecule has 1 N–H and O–H groups in total. The first-order valence-electron chi connectivity index (χ1n) is 5.99. The van der Waals surface area contributed by atoms with E-state index in [9.17, 15) is 4.79 Å². The second kappa shape index (κ2) is 5.19. The van der Waals surface area contributed by atoms with E-state index in [4.69, 9.17) is 9.52 Å². The number of oxazole rings is 1. The lowest BCUT2D eigenvalue weighted by Crippen LogP contribution is -2.13. The summed E-state index contributed by atoms with van der Waals surface area (Å²) in [6, 6.07) is 5.36. The van der Waals surface area contributed by atoms with Gasteiger partial charge in [-0.15, -0.1) is 0 Å². The van der Waals surface area contributed by atoms with Gasteiger partial charge in [-0.3, -0.25) is 4.57 Å². The van der Waals surface area contributed by atoms with E-state index in [0.29, 0.717) is 12.1 Å². The molecule has 2 rings (SSSR count). The molecule has 0 bridgehead atoms. The third-order valence-corrected chi connectivity index (χ3v) is 2.90. The highest BCUT2D eigenvalue weighted by Gasteiger charge is 2.08. The molecule has 0 radical (unpaired) electrons. The van der Waals surface area contributed by atoms with Crippen LogP contribution in [0.4, 0.5) is 0 Å². The van der Waals surface area contributed by atoms with Crippen molar-refractivity contribution >= 4 is 11.1 Å². The van der Waals surface area contributed by atoms with E-state index in [-0.39, 0.29) is 12.4 Å². The van der Waals surface area contributed by atoms with Gasteiger partial charge in [-0.25, -0.2) is 4.79 Å². The Balaban J connectivity index is 2.35. The highest BCUT2D eigenvalue weighted by Crippen LogP contribution is 2.15. The number of hydrogen-bond donors (Lipinski definition) is 1. The molecule has 2 aromatic rings. The lowest BCUT2D eigenvalue weighted by molar-refractivity contribution is 0.282. The summed E-state index contributed by atoms with van der Waals surface area (Å²) < 4.78 is 6.83. The zero-order valence-electron chi connectivity index (χ0n) is 9.98. The SMILES string of the molecule is CCCCCn1c(=O)oc2cc(CO)ccc21. The second-order valence-electron chi connectivity index (χ2n) is 4.19. The van der Waals surface area contributed by atoms with Crippen LogP contribution in [0.2, 0.25) is 0 Å². The average Bonchev–Trinajstić information content (AvgIpc) is 2.65. The fourth-order valence-corrected chi connectivity index (χ4v) is 1.94. The van der Waals surface area contributed by atoms with Gasteiger partial charge in [0.2, 0.25) is 0 Å². The molecule has 0 saturated heterocycles. The number of rotatable bonds is 5. The van der Waals surface area contributed by atoms with Crippen LogP contribution in [0.25, 0.3) is 11.1 Å². The van der Waals surface area contributed by atoms with Crippen molar-refractivity contribution in [2.75, 3.05) is 0 Å². The molecule has 4 heteroatoms. The molecule has 0 spiro atoms. The maximum absolute atomic E-state index is 11.7. The molecule has 0 saturated carbocycles. The molecule has 1 aromatic carbocycles. The molecule has 0 aliphatic rings. The normalized spacial score (nSPS) is 11.2. The molecule has 17 heavy (non-hydrogen) atoms. The number of aromatic nitrogens is 1. The van der Waals surface area contributed by atoms with E-state index in [2.05, 4.69) is 6.92 Å². The fraction of sp³-hybridized carbons (Fsp3) is 0.462. The van der Waals surface area contributed by atoms with Crippen molar-refractivity contribution in [1.29, 1.82) is 0 Å². The number of hydrogen-bond acceptors (Lipinski definition) is 3. The summed E-state index contributed by atoms with van der Waals surface area (Å²) in [6.45, 7) is 2.78. The zero-order valence-corrected chi connectivity index (χ0v) is 9.98. The molecule has 4 nitrogen and oxygen atoms in total. The number of unbranched alkanes of at least 4 members (excludes halogenated alkanes) is 2. The van der Waals surface area contributed by atoms with Crippen LogP contribution in [0.5, 0.6) is 0 Å². The van der Waals surface area contributed by atoms with Gasteiger partial charge in [0.1, 0.15) is 0 Å². The molecular weight excluding hydrogens is 218 g/mol. The topological polar surface area (TPSA) is 55.4 Å². The lowest BCUT2D eigenvalue weighted by Gasteiger charge is -2.01. The van der Waals surface area contributed by atoms with Crippen molar-refractivity contribution in [1.82, 2.24) is 4.57 Å². The van der Waals surface area contributed by atoms with Gasteiger partial charge in [-0.2, -0.15) is 0 Å². The zero-order chi connectivity index (χ0) is 12.3. The van der Waals surface area contributed by atoms with Crippen LogP contribution in [0.1, 0.15) is 31.7 Å². The molecule has 92 valence electrons. The van der Waals surface area contributed by atoms with Gasteiger partial charge in [-0.05, 0) is 24.1 Å². The summed E-state index contributed by atoms with van der Waals surface area (Å²) in [7, 11) is 0. The van der Waals surface area contributed by atoms with Gasteiger partial charge in [0.15, 0.2) is 5.58 Å². The molecule has 0 amide bonds. The highest BCUT2D eigenvalue weighted by atomic mass is 16.4. The van der Waals surface area contributed by atoms with Crippen LogP contribution in [-0.4, -0.2) is 9.67 Å². The monoisotopic (exact) mass is 235 g/mol. The number of aliphatic hydroxyl groups is 1. The Morgan fingerprint density at radius 2 is 2.18 bits per heavy atom. The van der Waals surface area contributed by atoms with E-state index in [1.807, 2.05) is 12.1 Å². The van der Waals surface area contributed by atoms with Crippen LogP contribution >= 0.6 is 0 Å². The van der Waals surface area contributed by atoms with E-state index in [1.165, 1.54) is 0 Å². The Morgan fingerprint density at radius 3 is 2.88 bits per heavy atom. The number of nitrogens with zero attached hydrogens (tertiary/aromatic N) is 1. The number of aliphatic hydroxyl groups excluding tert-OH is 1. The molecule has 0 aliphatic heterocycles. The summed E-state index contributed by atoms with van der Waals surface area (Å²) in [6.07, 6.45) is 3.21. The van der Waals surface area contributed by atoms with Gasteiger partial charge >= 0.3 is 5.76 Å². The molecular formula is C13H17NO3. The van der Waals surface area contributed by atoms with E-state index in [1.54, 1.807) is 10.6 Å². The minimum absolute atomic E-state index is 0.0410. The molecule has 0 fully saturated rings. The number of aryl methyl sites for hydroxylation is 1. The second-order valence-corrected chi connectivity index (χ2v) is 4.19. The van der Waals surface area contributed by atoms with E-state index >= 15 is 0 Å². The quantitative estimate of drug-likeness (QED) is 0.809. The van der Waals surface area contributed by atoms with Crippen molar-refractivity contribution in [2.45, 2.75) is 39.3 Å². The summed E-state index contributed by atoms with van der Waals surface area (Å²) in [5.74, 6) is -0.314. The van der Waals surface area contributed by atoms with Crippen molar-refractivity contribution in [3.8, 4) is 0 Å². The van der Waals surface area contributed by atoms with E-state index < -0.39 is 0 Å². The van der Waals surface area contributed by atoms with Crippen molar-refractivity contribution in [3.63, 3.8) is 0 Å². The first-order chi connectivity index (χ1) is 8.26. The molecule has 1 heterocycles. The summed E-state index contributed by atoms with van der Waals surface area (Å²) in [5.41, 5.74) is 2.12. The first-order valence-corrected chi connectivity index (χ1v) is 5.99. The maximum atomic E-state index is 11.7. The van der Waals surface area contributed by atoms with Gasteiger partial charge in [0.05, 0.1) is 12.1 Å². The maximum Gasteiger partial charge on any atom is 0.419 e. The van der Waals surface area contributed by atoms with Crippen molar-refractivity contribution < 1.29 is 9.52 Å². The third-order valence-electron chi connectivity index (χ3n) is 2.90. The predicted molar refractivity (Wildman–Crippen MR) is 65.9 cm³/mol. The number of fused-ring (bicyclic) bond motifs is 1. The van der Waals surface area contributed by atoms with Gasteiger partial charge in [0, 0.05) is 6.54 Å². The molecule has 0 unspecified atom stereocenters. The Bertz CT molecular complexity index is 553.